The minimum Gasteiger partial charge on any atom is -0.508 e. The van der Waals surface area contributed by atoms with Crippen molar-refractivity contribution in [2.75, 3.05) is 0 Å². The molecule has 0 bridgehead atoms. The quantitative estimate of drug-likeness (QED) is 0.684. The van der Waals surface area contributed by atoms with Gasteiger partial charge < -0.3 is 9.84 Å². The number of benzene rings is 1. The SMILES string of the molecule is Cc1cc2c(cc1O)C(=O)CC(C)O2. The largest absolute Gasteiger partial charge is 0.508 e. The van der Waals surface area contributed by atoms with Crippen molar-refractivity contribution >= 4 is 5.78 Å². The minimum absolute atomic E-state index is 0.0362. The Balaban J connectivity index is 2.55. The molecule has 0 saturated carbocycles. The van der Waals surface area contributed by atoms with E-state index in [0.717, 1.165) is 5.56 Å². The second kappa shape index (κ2) is 3.01. The van der Waals surface area contributed by atoms with E-state index in [1.54, 1.807) is 13.0 Å². The summed E-state index contributed by atoms with van der Waals surface area (Å²) in [6.07, 6.45) is 0.314. The van der Waals surface area contributed by atoms with E-state index in [1.807, 2.05) is 6.92 Å². The van der Waals surface area contributed by atoms with Crippen LogP contribution in [-0.2, 0) is 0 Å². The van der Waals surface area contributed by atoms with E-state index in [1.165, 1.54) is 6.07 Å². The van der Waals surface area contributed by atoms with Gasteiger partial charge >= 0.3 is 0 Å². The number of phenols is 1. The maximum Gasteiger partial charge on any atom is 0.170 e. The Morgan fingerprint density at radius 2 is 2.21 bits per heavy atom. The Bertz CT molecular complexity index is 396. The first-order valence-electron chi connectivity index (χ1n) is 4.61. The molecule has 2 rings (SSSR count). The van der Waals surface area contributed by atoms with Crippen molar-refractivity contribution in [1.29, 1.82) is 0 Å². The highest BCUT2D eigenvalue weighted by molar-refractivity contribution is 6.00. The second-order valence-electron chi connectivity index (χ2n) is 3.69. The van der Waals surface area contributed by atoms with Crippen molar-refractivity contribution in [3.05, 3.63) is 23.3 Å². The van der Waals surface area contributed by atoms with Crippen LogP contribution < -0.4 is 4.74 Å². The number of fused-ring (bicyclic) bond motifs is 1. The van der Waals surface area contributed by atoms with Crippen molar-refractivity contribution in [3.8, 4) is 11.5 Å². The van der Waals surface area contributed by atoms with Gasteiger partial charge in [-0.2, -0.15) is 0 Å². The van der Waals surface area contributed by atoms with Crippen LogP contribution in [0.15, 0.2) is 12.1 Å². The van der Waals surface area contributed by atoms with Gasteiger partial charge in [-0.25, -0.2) is 0 Å². The summed E-state index contributed by atoms with van der Waals surface area (Å²) in [5.41, 5.74) is 1.22. The molecule has 1 aliphatic rings. The molecule has 0 amide bonds. The maximum atomic E-state index is 11.6. The van der Waals surface area contributed by atoms with E-state index in [0.29, 0.717) is 17.7 Å². The van der Waals surface area contributed by atoms with Crippen LogP contribution in [0.2, 0.25) is 0 Å². The lowest BCUT2D eigenvalue weighted by Crippen LogP contribution is -2.23. The monoisotopic (exact) mass is 192 g/mol. The third-order valence-electron chi connectivity index (χ3n) is 2.40. The van der Waals surface area contributed by atoms with Crippen molar-refractivity contribution in [2.45, 2.75) is 26.4 Å². The Kier molecular flexibility index (Phi) is 1.95. The van der Waals surface area contributed by atoms with Gasteiger partial charge in [0.1, 0.15) is 17.6 Å². The molecule has 1 aliphatic heterocycles. The van der Waals surface area contributed by atoms with Crippen molar-refractivity contribution in [2.24, 2.45) is 0 Å². The van der Waals surface area contributed by atoms with Gasteiger partial charge in [-0.15, -0.1) is 0 Å². The number of carbonyl (C=O) groups excluding carboxylic acids is 1. The molecule has 0 spiro atoms. The number of hydrogen-bond donors (Lipinski definition) is 1. The normalized spacial score (nSPS) is 20.1. The molecule has 0 aliphatic carbocycles. The highest BCUT2D eigenvalue weighted by Gasteiger charge is 2.24. The molecule has 0 aromatic heterocycles. The molecule has 74 valence electrons. The van der Waals surface area contributed by atoms with Crippen LogP contribution in [0.4, 0.5) is 0 Å². The van der Waals surface area contributed by atoms with Gasteiger partial charge in [0.25, 0.3) is 0 Å². The molecule has 0 fully saturated rings. The molecule has 1 heterocycles. The van der Waals surface area contributed by atoms with Crippen LogP contribution in [0.25, 0.3) is 0 Å². The van der Waals surface area contributed by atoms with Crippen LogP contribution in [-0.4, -0.2) is 17.0 Å². The number of rotatable bonds is 0. The van der Waals surface area contributed by atoms with Gasteiger partial charge in [0, 0.05) is 6.42 Å². The topological polar surface area (TPSA) is 46.5 Å². The molecular weight excluding hydrogens is 180 g/mol. The minimum atomic E-state index is -0.0704. The molecule has 14 heavy (non-hydrogen) atoms. The van der Waals surface area contributed by atoms with Gasteiger partial charge in [-0.3, -0.25) is 4.79 Å². The molecule has 3 heteroatoms. The number of carbonyl (C=O) groups is 1. The zero-order valence-electron chi connectivity index (χ0n) is 8.20. The lowest BCUT2D eigenvalue weighted by molar-refractivity contribution is 0.0870. The molecule has 3 nitrogen and oxygen atoms in total. The molecule has 1 N–H and O–H groups in total. The predicted molar refractivity (Wildman–Crippen MR) is 51.9 cm³/mol. The van der Waals surface area contributed by atoms with Gasteiger partial charge in [0.2, 0.25) is 0 Å². The maximum absolute atomic E-state index is 11.6. The van der Waals surface area contributed by atoms with Crippen LogP contribution in [0.1, 0.15) is 29.3 Å². The van der Waals surface area contributed by atoms with Gasteiger partial charge in [-0.05, 0) is 31.5 Å². The van der Waals surface area contributed by atoms with Crippen molar-refractivity contribution < 1.29 is 14.6 Å². The summed E-state index contributed by atoms with van der Waals surface area (Å²) in [4.78, 5) is 11.6. The Morgan fingerprint density at radius 3 is 2.93 bits per heavy atom. The van der Waals surface area contributed by atoms with Gasteiger partial charge in [0.05, 0.1) is 5.56 Å². The fourth-order valence-corrected chi connectivity index (χ4v) is 1.61. The zero-order chi connectivity index (χ0) is 10.3. The van der Waals surface area contributed by atoms with E-state index in [2.05, 4.69) is 0 Å². The first kappa shape index (κ1) is 9.06. The van der Waals surface area contributed by atoms with Crippen molar-refractivity contribution in [3.63, 3.8) is 0 Å². The number of ketones is 1. The summed E-state index contributed by atoms with van der Waals surface area (Å²) in [7, 11) is 0. The third kappa shape index (κ3) is 1.35. The highest BCUT2D eigenvalue weighted by Crippen LogP contribution is 2.32. The second-order valence-corrected chi connectivity index (χ2v) is 3.69. The number of Topliss-reactive ketones (excluding diaryl/α,β-unsaturated/α-hetero) is 1. The van der Waals surface area contributed by atoms with Gasteiger partial charge in [0.15, 0.2) is 5.78 Å². The smallest absolute Gasteiger partial charge is 0.170 e. The molecule has 0 radical (unpaired) electrons. The van der Waals surface area contributed by atoms with Crippen LogP contribution >= 0.6 is 0 Å². The Morgan fingerprint density at radius 1 is 1.50 bits per heavy atom. The van der Waals surface area contributed by atoms with Crippen LogP contribution in [0.5, 0.6) is 11.5 Å². The summed E-state index contributed by atoms with van der Waals surface area (Å²) in [6.45, 7) is 3.64. The highest BCUT2D eigenvalue weighted by atomic mass is 16.5. The summed E-state index contributed by atoms with van der Waals surface area (Å²) in [5.74, 6) is 0.772. The lowest BCUT2D eigenvalue weighted by atomic mass is 9.99. The summed E-state index contributed by atoms with van der Waals surface area (Å²) >= 11 is 0. The first-order valence-corrected chi connectivity index (χ1v) is 4.61. The van der Waals surface area contributed by atoms with Crippen LogP contribution in [0.3, 0.4) is 0 Å². The standard InChI is InChI=1S/C11H12O3/c1-6-3-11-8(5-9(6)12)10(13)4-7(2)14-11/h3,5,7,12H,4H2,1-2H3. The average molecular weight is 192 g/mol. The molecule has 1 unspecified atom stereocenters. The number of phenolic OH excluding ortho intramolecular Hbond substituents is 1. The number of ether oxygens (including phenoxy) is 1. The van der Waals surface area contributed by atoms with E-state index in [9.17, 15) is 9.90 Å². The lowest BCUT2D eigenvalue weighted by Gasteiger charge is -2.22. The first-order chi connectivity index (χ1) is 6.58. The Hall–Kier alpha value is -1.51. The predicted octanol–water partition coefficient (Wildman–Crippen LogP) is 2.05. The van der Waals surface area contributed by atoms with Crippen molar-refractivity contribution in [1.82, 2.24) is 0 Å². The molecule has 0 saturated heterocycles. The summed E-state index contributed by atoms with van der Waals surface area (Å²) in [5, 5.41) is 9.45. The number of aromatic hydroxyl groups is 1. The molecule has 1 aromatic rings. The average Bonchev–Trinajstić information content (AvgIpc) is 2.08. The Labute approximate surface area is 82.3 Å². The molecular formula is C11H12O3. The summed E-state index contributed by atoms with van der Waals surface area (Å²) < 4.78 is 5.51. The van der Waals surface area contributed by atoms with E-state index < -0.39 is 0 Å². The third-order valence-corrected chi connectivity index (χ3v) is 2.40. The fourth-order valence-electron chi connectivity index (χ4n) is 1.61. The van der Waals surface area contributed by atoms with E-state index in [-0.39, 0.29) is 17.6 Å². The number of hydrogen-bond acceptors (Lipinski definition) is 3. The summed E-state index contributed by atoms with van der Waals surface area (Å²) in [6, 6.07) is 3.19. The zero-order valence-corrected chi connectivity index (χ0v) is 8.20. The number of aryl methyl sites for hydroxylation is 1. The fraction of sp³-hybridized carbons (Fsp3) is 0.364. The molecule has 1 atom stereocenters. The van der Waals surface area contributed by atoms with Gasteiger partial charge in [-0.1, -0.05) is 0 Å². The van der Waals surface area contributed by atoms with E-state index >= 15 is 0 Å². The molecule has 1 aromatic carbocycles. The van der Waals surface area contributed by atoms with E-state index in [4.69, 9.17) is 4.74 Å². The van der Waals surface area contributed by atoms with Crippen LogP contribution in [0, 0.1) is 6.92 Å².